The van der Waals surface area contributed by atoms with E-state index in [4.69, 9.17) is 0 Å². The van der Waals surface area contributed by atoms with Gasteiger partial charge in [-0.15, -0.1) is 0 Å². The van der Waals surface area contributed by atoms with Crippen LogP contribution in [0, 0.1) is 0 Å². The van der Waals surface area contributed by atoms with Gasteiger partial charge in [0, 0.05) is 18.9 Å². The zero-order chi connectivity index (χ0) is 5.15. The molecule has 0 heterocycles. The smallest absolute Gasteiger partial charge is 0.204 e. The van der Waals surface area contributed by atoms with Crippen molar-refractivity contribution in [2.75, 3.05) is 0 Å². The van der Waals surface area contributed by atoms with Crippen LogP contribution in [0.15, 0.2) is 0 Å². The van der Waals surface area contributed by atoms with Crippen LogP contribution in [0.25, 0.3) is 0 Å². The molecule has 0 aliphatic rings. The summed E-state index contributed by atoms with van der Waals surface area (Å²) in [5.41, 5.74) is 0. The van der Waals surface area contributed by atoms with Crippen molar-refractivity contribution >= 4 is 18.9 Å². The number of hydrogen-bond donors (Lipinski definition) is 0. The molecule has 0 rings (SSSR count). The Morgan fingerprint density at radius 2 is 0.857 bits per heavy atom. The van der Waals surface area contributed by atoms with Crippen LogP contribution in [0.5, 0.6) is 0 Å². The van der Waals surface area contributed by atoms with Crippen LogP contribution in [0.1, 0.15) is 0 Å². The van der Waals surface area contributed by atoms with E-state index in [-0.39, 0.29) is 18.9 Å². The Morgan fingerprint density at radius 3 is 0.857 bits per heavy atom. The first-order valence-corrected chi connectivity index (χ1v) is 1.21. The quantitative estimate of drug-likeness (QED) is 0.349. The molecule has 0 nitrogen and oxygen atoms in total. The van der Waals surface area contributed by atoms with Crippen LogP contribution in [0.3, 0.4) is 0 Å². The number of alkyl halides is 4. The van der Waals surface area contributed by atoms with Crippen molar-refractivity contribution in [3.05, 3.63) is 0 Å². The van der Waals surface area contributed by atoms with Gasteiger partial charge in [0.2, 0.25) is 0 Å². The maximum atomic E-state index is 10.4. The first-order valence-electron chi connectivity index (χ1n) is 1.21. The topological polar surface area (TPSA) is 0 Å². The molecule has 0 aliphatic heterocycles. The molecule has 0 aromatic rings. The summed E-state index contributed by atoms with van der Waals surface area (Å²) < 4.78 is 41.6. The van der Waals surface area contributed by atoms with E-state index in [2.05, 4.69) is 0 Å². The van der Waals surface area contributed by atoms with Gasteiger partial charge in [-0.05, 0) is 0 Å². The molecule has 0 aromatic carbocycles. The fourth-order valence-electron chi connectivity index (χ4n) is 0. The molecule has 0 saturated heterocycles. The molecule has 0 fully saturated rings. The molecular formula is C2H2F4Li. The molecule has 39 valence electrons. The minimum absolute atomic E-state index is 0. The van der Waals surface area contributed by atoms with Crippen molar-refractivity contribution < 1.29 is 17.6 Å². The minimum Gasteiger partial charge on any atom is -0.204 e. The molecule has 5 heteroatoms. The van der Waals surface area contributed by atoms with Gasteiger partial charge in [0.25, 0.3) is 12.9 Å². The molecule has 0 saturated carbocycles. The van der Waals surface area contributed by atoms with Gasteiger partial charge in [-0.1, -0.05) is 0 Å². The third-order valence-electron chi connectivity index (χ3n) is 0.190. The van der Waals surface area contributed by atoms with Gasteiger partial charge in [0.15, 0.2) is 0 Å². The average molecular weight is 109 g/mol. The molecule has 7 heavy (non-hydrogen) atoms. The second-order valence-electron chi connectivity index (χ2n) is 0.669. The van der Waals surface area contributed by atoms with Crippen molar-refractivity contribution in [3.63, 3.8) is 0 Å². The zero-order valence-electron chi connectivity index (χ0n) is 3.67. The van der Waals surface area contributed by atoms with Crippen molar-refractivity contribution in [1.82, 2.24) is 0 Å². The third kappa shape index (κ3) is 6.32. The Bertz CT molecular complexity index is 30.7. The normalized spacial score (nSPS) is 9.43. The summed E-state index contributed by atoms with van der Waals surface area (Å²) in [7, 11) is 0. The van der Waals surface area contributed by atoms with Gasteiger partial charge >= 0.3 is 0 Å². The molecule has 1 radical (unpaired) electrons. The van der Waals surface area contributed by atoms with Crippen LogP contribution < -0.4 is 0 Å². The summed E-state index contributed by atoms with van der Waals surface area (Å²) in [4.78, 5) is 0. The minimum atomic E-state index is -3.48. The Hall–Kier alpha value is 0.317. The SMILES string of the molecule is FC(F)C(F)F.[Li]. The van der Waals surface area contributed by atoms with E-state index in [0.29, 0.717) is 0 Å². The van der Waals surface area contributed by atoms with E-state index >= 15 is 0 Å². The second-order valence-corrected chi connectivity index (χ2v) is 0.669. The molecule has 0 aliphatic carbocycles. The average Bonchev–Trinajstić information content (AvgIpc) is 1.36. The van der Waals surface area contributed by atoms with Crippen LogP contribution in [0.2, 0.25) is 0 Å². The van der Waals surface area contributed by atoms with E-state index < -0.39 is 12.9 Å². The van der Waals surface area contributed by atoms with Gasteiger partial charge < -0.3 is 0 Å². The van der Waals surface area contributed by atoms with Crippen LogP contribution >= 0.6 is 0 Å². The van der Waals surface area contributed by atoms with Gasteiger partial charge in [-0.25, -0.2) is 17.6 Å². The van der Waals surface area contributed by atoms with Gasteiger partial charge in [0.05, 0.1) is 0 Å². The van der Waals surface area contributed by atoms with Gasteiger partial charge in [-0.2, -0.15) is 0 Å². The Labute approximate surface area is 50.1 Å². The first-order chi connectivity index (χ1) is 2.64. The third-order valence-corrected chi connectivity index (χ3v) is 0.190. The molecular weight excluding hydrogens is 107 g/mol. The Balaban J connectivity index is 0. The standard InChI is InChI=1S/C2H2F4.Li/c3-1(4)2(5)6;/h1-2H;. The molecule has 0 atom stereocenters. The van der Waals surface area contributed by atoms with E-state index in [1.165, 1.54) is 0 Å². The second kappa shape index (κ2) is 4.48. The predicted molar refractivity (Wildman–Crippen MR) is 17.8 cm³/mol. The maximum absolute atomic E-state index is 10.4. The molecule has 0 spiro atoms. The Kier molecular flexibility index (Phi) is 6.60. The summed E-state index contributed by atoms with van der Waals surface area (Å²) in [6, 6.07) is 0. The van der Waals surface area contributed by atoms with Gasteiger partial charge in [-0.3, -0.25) is 0 Å². The molecule has 0 N–H and O–H groups in total. The zero-order valence-corrected chi connectivity index (χ0v) is 3.67. The van der Waals surface area contributed by atoms with Crippen molar-refractivity contribution in [3.8, 4) is 0 Å². The molecule has 0 unspecified atom stereocenters. The van der Waals surface area contributed by atoms with Crippen molar-refractivity contribution in [1.29, 1.82) is 0 Å². The fraction of sp³-hybridized carbons (Fsp3) is 1.00. The summed E-state index contributed by atoms with van der Waals surface area (Å²) in [5.74, 6) is 0. The summed E-state index contributed by atoms with van der Waals surface area (Å²) in [6.07, 6.45) is -6.96. The molecule has 0 amide bonds. The molecule has 0 aromatic heterocycles. The van der Waals surface area contributed by atoms with Crippen LogP contribution in [0.4, 0.5) is 17.6 Å². The van der Waals surface area contributed by atoms with E-state index in [1.54, 1.807) is 0 Å². The molecule has 0 bridgehead atoms. The monoisotopic (exact) mass is 109 g/mol. The van der Waals surface area contributed by atoms with E-state index in [0.717, 1.165) is 0 Å². The number of halogens is 4. The summed E-state index contributed by atoms with van der Waals surface area (Å²) in [6.45, 7) is 0. The number of hydrogen-bond acceptors (Lipinski definition) is 0. The fourth-order valence-corrected chi connectivity index (χ4v) is 0. The predicted octanol–water partition coefficient (Wildman–Crippen LogP) is 1.14. The van der Waals surface area contributed by atoms with Crippen LogP contribution in [-0.4, -0.2) is 31.7 Å². The maximum Gasteiger partial charge on any atom is 0.298 e. The first kappa shape index (κ1) is 10.3. The van der Waals surface area contributed by atoms with E-state index in [9.17, 15) is 17.6 Å². The van der Waals surface area contributed by atoms with E-state index in [1.807, 2.05) is 0 Å². The van der Waals surface area contributed by atoms with Gasteiger partial charge in [0.1, 0.15) is 0 Å². The number of rotatable bonds is 1. The Morgan fingerprint density at radius 1 is 0.714 bits per heavy atom. The largest absolute Gasteiger partial charge is 0.298 e. The van der Waals surface area contributed by atoms with Crippen molar-refractivity contribution in [2.45, 2.75) is 12.9 Å². The summed E-state index contributed by atoms with van der Waals surface area (Å²) >= 11 is 0. The van der Waals surface area contributed by atoms with Crippen molar-refractivity contribution in [2.24, 2.45) is 0 Å². The summed E-state index contributed by atoms with van der Waals surface area (Å²) in [5, 5.41) is 0. The van der Waals surface area contributed by atoms with Crippen LogP contribution in [-0.2, 0) is 0 Å².